The van der Waals surface area contributed by atoms with Gasteiger partial charge in [0.1, 0.15) is 18.2 Å². The van der Waals surface area contributed by atoms with Gasteiger partial charge < -0.3 is 15.4 Å². The molecule has 1 fully saturated rings. The Morgan fingerprint density at radius 3 is 2.66 bits per heavy atom. The Bertz CT molecular complexity index is 1150. The van der Waals surface area contributed by atoms with Crippen LogP contribution in [-0.2, 0) is 17.8 Å². The highest BCUT2D eigenvalue weighted by molar-refractivity contribution is 9.10. The van der Waals surface area contributed by atoms with Crippen molar-refractivity contribution in [1.29, 1.82) is 0 Å². The van der Waals surface area contributed by atoms with Gasteiger partial charge in [0.05, 0.1) is 9.38 Å². The summed E-state index contributed by atoms with van der Waals surface area (Å²) in [7, 11) is 0. The lowest BCUT2D eigenvalue weighted by Crippen LogP contribution is -2.30. The highest BCUT2D eigenvalue weighted by atomic mass is 79.9. The van der Waals surface area contributed by atoms with E-state index in [4.69, 9.17) is 4.74 Å². The number of carbonyl (C=O) groups excluding carboxylic acids is 1. The van der Waals surface area contributed by atoms with Crippen LogP contribution in [0, 0.1) is 5.82 Å². The molecule has 4 rings (SSSR count). The summed E-state index contributed by atoms with van der Waals surface area (Å²) in [4.78, 5) is 13.0. The van der Waals surface area contributed by atoms with Gasteiger partial charge in [0.25, 0.3) is 5.91 Å². The molecule has 0 aromatic heterocycles. The van der Waals surface area contributed by atoms with Crippen LogP contribution < -0.4 is 15.4 Å². The molecule has 0 bridgehead atoms. The van der Waals surface area contributed by atoms with Crippen LogP contribution in [0.15, 0.2) is 76.1 Å². The monoisotopic (exact) mass is 512 g/mol. The second kappa shape index (κ2) is 10.2. The average Bonchev–Trinajstić information content (AvgIpc) is 3.13. The van der Waals surface area contributed by atoms with Crippen LogP contribution in [0.4, 0.5) is 10.1 Å². The number of benzene rings is 3. The van der Waals surface area contributed by atoms with Crippen LogP contribution in [0.1, 0.15) is 23.6 Å². The molecule has 1 atom stereocenters. The number of carbonyl (C=O) groups is 1. The van der Waals surface area contributed by atoms with Crippen LogP contribution >= 0.6 is 27.7 Å². The molecular weight excluding hydrogens is 491 g/mol. The van der Waals surface area contributed by atoms with Crippen LogP contribution in [0.25, 0.3) is 6.08 Å². The van der Waals surface area contributed by atoms with Crippen LogP contribution in [0.5, 0.6) is 5.75 Å². The van der Waals surface area contributed by atoms with Gasteiger partial charge in [-0.15, -0.1) is 0 Å². The Hall–Kier alpha value is -2.77. The Morgan fingerprint density at radius 2 is 1.94 bits per heavy atom. The summed E-state index contributed by atoms with van der Waals surface area (Å²) in [6, 6.07) is 20.3. The van der Waals surface area contributed by atoms with Crippen LogP contribution in [0.2, 0.25) is 0 Å². The van der Waals surface area contributed by atoms with E-state index in [1.165, 1.54) is 23.4 Å². The maximum atomic E-state index is 13.8. The maximum Gasteiger partial charge on any atom is 0.260 e. The molecule has 7 heteroatoms. The zero-order valence-corrected chi connectivity index (χ0v) is 19.8. The fourth-order valence-corrected chi connectivity index (χ4v) is 4.70. The van der Waals surface area contributed by atoms with Gasteiger partial charge >= 0.3 is 0 Å². The number of hydrogen-bond donors (Lipinski definition) is 2. The molecule has 0 radical (unpaired) electrons. The molecule has 4 nitrogen and oxygen atoms in total. The topological polar surface area (TPSA) is 50.4 Å². The number of ether oxygens (including phenoxy) is 1. The summed E-state index contributed by atoms with van der Waals surface area (Å²) in [5, 5.41) is 6.27. The summed E-state index contributed by atoms with van der Waals surface area (Å²) in [5.41, 5.74) is 3.35. The second-order valence-electron chi connectivity index (χ2n) is 7.24. The molecule has 3 aromatic rings. The molecule has 1 amide bonds. The first-order valence-electron chi connectivity index (χ1n) is 10.2. The predicted octanol–water partition coefficient (Wildman–Crippen LogP) is 6.33. The first kappa shape index (κ1) is 22.4. The van der Waals surface area contributed by atoms with Gasteiger partial charge in [-0.25, -0.2) is 4.39 Å². The number of hydrogen-bond acceptors (Lipinski definition) is 4. The lowest BCUT2D eigenvalue weighted by atomic mass is 10.1. The van der Waals surface area contributed by atoms with E-state index in [-0.39, 0.29) is 23.8 Å². The number of thioether (sulfide) groups is 1. The molecule has 164 valence electrons. The molecule has 1 heterocycles. The van der Waals surface area contributed by atoms with Gasteiger partial charge in [-0.2, -0.15) is 0 Å². The number of rotatable bonds is 7. The minimum Gasteiger partial charge on any atom is -0.488 e. The van der Waals surface area contributed by atoms with Crippen molar-refractivity contribution in [3.05, 3.63) is 98.6 Å². The summed E-state index contributed by atoms with van der Waals surface area (Å²) < 4.78 is 20.3. The molecule has 0 spiro atoms. The predicted molar refractivity (Wildman–Crippen MR) is 132 cm³/mol. The lowest BCUT2D eigenvalue weighted by molar-refractivity contribution is -0.116. The van der Waals surface area contributed by atoms with Gasteiger partial charge in [0.2, 0.25) is 0 Å². The van der Waals surface area contributed by atoms with Crippen molar-refractivity contribution in [2.24, 2.45) is 0 Å². The van der Waals surface area contributed by atoms with Gasteiger partial charge in [-0.3, -0.25) is 4.79 Å². The quantitative estimate of drug-likeness (QED) is 0.363. The van der Waals surface area contributed by atoms with Gasteiger partial charge in [0, 0.05) is 11.3 Å². The summed E-state index contributed by atoms with van der Waals surface area (Å²) in [6.45, 7) is 2.25. The van der Waals surface area contributed by atoms with Crippen molar-refractivity contribution in [3.63, 3.8) is 0 Å². The van der Waals surface area contributed by atoms with Crippen molar-refractivity contribution in [3.8, 4) is 5.75 Å². The second-order valence-corrected chi connectivity index (χ2v) is 9.25. The minimum atomic E-state index is -0.293. The van der Waals surface area contributed by atoms with Gasteiger partial charge in [-0.05, 0) is 69.9 Å². The fraction of sp³-hybridized carbons (Fsp3) is 0.160. The van der Waals surface area contributed by atoms with Crippen molar-refractivity contribution in [2.75, 3.05) is 5.32 Å². The largest absolute Gasteiger partial charge is 0.488 e. The molecule has 0 aliphatic carbocycles. The van der Waals surface area contributed by atoms with Gasteiger partial charge in [-0.1, -0.05) is 55.1 Å². The normalized spacial score (nSPS) is 16.8. The first-order chi connectivity index (χ1) is 15.5. The number of halogens is 2. The molecule has 1 aliphatic rings. The lowest BCUT2D eigenvalue weighted by Gasteiger charge is -2.12. The third kappa shape index (κ3) is 5.53. The Balaban J connectivity index is 1.40. The Kier molecular flexibility index (Phi) is 7.17. The molecule has 0 saturated carbocycles. The maximum absolute atomic E-state index is 13.8. The molecule has 1 aliphatic heterocycles. The number of amides is 1. The molecular formula is C25H22BrFN2O2S. The molecule has 1 unspecified atom stereocenters. The van der Waals surface area contributed by atoms with E-state index in [1.807, 2.05) is 30.3 Å². The molecule has 1 saturated heterocycles. The highest BCUT2D eigenvalue weighted by Gasteiger charge is 2.27. The Morgan fingerprint density at radius 1 is 1.16 bits per heavy atom. The standard InChI is InChI=1S/C25H22BrFN2O2S/c1-2-16-7-10-19(11-8-16)28-25-29-24(30)23(32-25)14-17-9-12-22(20(26)13-17)31-15-18-5-3-4-6-21(18)27/h3-14,25,28H,2,15H2,1H3,(H,29,30). The van der Waals surface area contributed by atoms with E-state index in [2.05, 4.69) is 45.6 Å². The zero-order valence-electron chi connectivity index (χ0n) is 17.4. The van der Waals surface area contributed by atoms with Crippen molar-refractivity contribution in [2.45, 2.75) is 25.4 Å². The van der Waals surface area contributed by atoms with E-state index < -0.39 is 0 Å². The zero-order chi connectivity index (χ0) is 22.5. The summed E-state index contributed by atoms with van der Waals surface area (Å²) in [6.07, 6.45) is 2.83. The highest BCUT2D eigenvalue weighted by Crippen LogP contribution is 2.33. The van der Waals surface area contributed by atoms with Crippen molar-refractivity contribution < 1.29 is 13.9 Å². The van der Waals surface area contributed by atoms with E-state index in [1.54, 1.807) is 24.3 Å². The van der Waals surface area contributed by atoms with Crippen molar-refractivity contribution >= 4 is 45.4 Å². The Labute approximate surface area is 199 Å². The SMILES string of the molecule is CCc1ccc(NC2NC(=O)C(=Cc3ccc(OCc4ccccc4F)c(Br)c3)S2)cc1. The van der Waals surface area contributed by atoms with Gasteiger partial charge in [0.15, 0.2) is 5.50 Å². The third-order valence-corrected chi connectivity index (χ3v) is 6.63. The third-order valence-electron chi connectivity index (χ3n) is 4.99. The van der Waals surface area contributed by atoms with Crippen LogP contribution in [-0.4, -0.2) is 11.4 Å². The minimum absolute atomic E-state index is 0.117. The summed E-state index contributed by atoms with van der Waals surface area (Å²) in [5.74, 6) is 0.196. The summed E-state index contributed by atoms with van der Waals surface area (Å²) >= 11 is 4.94. The molecule has 32 heavy (non-hydrogen) atoms. The average molecular weight is 513 g/mol. The van der Waals surface area contributed by atoms with Crippen molar-refractivity contribution in [1.82, 2.24) is 5.32 Å². The van der Waals surface area contributed by atoms with E-state index in [9.17, 15) is 9.18 Å². The first-order valence-corrected chi connectivity index (χ1v) is 11.9. The van der Waals surface area contributed by atoms with E-state index in [0.29, 0.717) is 16.2 Å². The molecule has 3 aromatic carbocycles. The number of aryl methyl sites for hydroxylation is 1. The smallest absolute Gasteiger partial charge is 0.260 e. The van der Waals surface area contributed by atoms with E-state index in [0.717, 1.165) is 22.1 Å². The van der Waals surface area contributed by atoms with Crippen LogP contribution in [0.3, 0.4) is 0 Å². The number of nitrogens with one attached hydrogen (secondary N) is 2. The molecule has 2 N–H and O–H groups in total. The fourth-order valence-electron chi connectivity index (χ4n) is 3.20. The number of anilines is 1. The van der Waals surface area contributed by atoms with E-state index >= 15 is 0 Å².